The normalized spacial score (nSPS) is 13.7. The zero-order valence-electron chi connectivity index (χ0n) is 16.4. The lowest BCUT2D eigenvalue weighted by atomic mass is 9.85. The van der Waals surface area contributed by atoms with Crippen LogP contribution in [-0.2, 0) is 19.2 Å². The second-order valence-electron chi connectivity index (χ2n) is 7.01. The topological polar surface area (TPSA) is 149 Å². The highest BCUT2D eigenvalue weighted by Crippen LogP contribution is 2.27. The van der Waals surface area contributed by atoms with Crippen LogP contribution in [0.15, 0.2) is 11.6 Å². The summed E-state index contributed by atoms with van der Waals surface area (Å²) in [6, 6.07) is 0. The molecule has 0 aromatic heterocycles. The average molecular weight is 400 g/mol. The molecule has 2 unspecified atom stereocenters. The maximum atomic E-state index is 11.5. The molecule has 0 rings (SSSR count). The molecule has 0 aliphatic carbocycles. The smallest absolute Gasteiger partial charge is 0.311 e. The minimum Gasteiger partial charge on any atom is -0.481 e. The number of aliphatic carboxylic acids is 4. The fourth-order valence-corrected chi connectivity index (χ4v) is 3.05. The molecule has 28 heavy (non-hydrogen) atoms. The van der Waals surface area contributed by atoms with Gasteiger partial charge in [-0.2, -0.15) is 0 Å². The Hall–Kier alpha value is -2.38. The molecule has 0 saturated carbocycles. The summed E-state index contributed by atoms with van der Waals surface area (Å²) in [7, 11) is 0. The van der Waals surface area contributed by atoms with Crippen molar-refractivity contribution >= 4 is 23.9 Å². The van der Waals surface area contributed by atoms with Crippen LogP contribution in [0.4, 0.5) is 0 Å². The van der Waals surface area contributed by atoms with Gasteiger partial charge in [-0.1, -0.05) is 57.1 Å². The van der Waals surface area contributed by atoms with Gasteiger partial charge in [0.05, 0.1) is 24.7 Å². The summed E-state index contributed by atoms with van der Waals surface area (Å²) in [5.74, 6) is -7.97. The van der Waals surface area contributed by atoms with Crippen molar-refractivity contribution in [1.82, 2.24) is 0 Å². The zero-order chi connectivity index (χ0) is 21.5. The van der Waals surface area contributed by atoms with Gasteiger partial charge in [0, 0.05) is 0 Å². The van der Waals surface area contributed by atoms with Gasteiger partial charge in [0.15, 0.2) is 0 Å². The van der Waals surface area contributed by atoms with Crippen molar-refractivity contribution < 1.29 is 39.6 Å². The number of allylic oxidation sites excluding steroid dienone is 1. The highest BCUT2D eigenvalue weighted by atomic mass is 16.4. The number of hydrogen-bond donors (Lipinski definition) is 4. The number of carboxylic acids is 4. The third-order valence-corrected chi connectivity index (χ3v) is 4.59. The van der Waals surface area contributed by atoms with E-state index in [0.717, 1.165) is 32.1 Å². The number of hydrogen-bond acceptors (Lipinski definition) is 4. The van der Waals surface area contributed by atoms with Crippen molar-refractivity contribution in [3.05, 3.63) is 11.6 Å². The van der Waals surface area contributed by atoms with Gasteiger partial charge in [0.1, 0.15) is 0 Å². The fraction of sp³-hybridized carbons (Fsp3) is 0.700. The van der Waals surface area contributed by atoms with E-state index in [1.54, 1.807) is 6.08 Å². The molecule has 0 spiro atoms. The van der Waals surface area contributed by atoms with Crippen molar-refractivity contribution in [2.24, 2.45) is 11.8 Å². The van der Waals surface area contributed by atoms with Gasteiger partial charge in [-0.25, -0.2) is 0 Å². The van der Waals surface area contributed by atoms with Crippen LogP contribution in [0, 0.1) is 11.8 Å². The second kappa shape index (κ2) is 14.6. The quantitative estimate of drug-likeness (QED) is 0.213. The van der Waals surface area contributed by atoms with Crippen molar-refractivity contribution in [1.29, 1.82) is 0 Å². The summed E-state index contributed by atoms with van der Waals surface area (Å²) in [5.41, 5.74) is 0.175. The monoisotopic (exact) mass is 400 g/mol. The first kappa shape index (κ1) is 25.6. The molecule has 0 aliphatic rings. The molecule has 0 radical (unpaired) electrons. The summed E-state index contributed by atoms with van der Waals surface area (Å²) >= 11 is 0. The van der Waals surface area contributed by atoms with E-state index in [1.165, 1.54) is 12.8 Å². The van der Waals surface area contributed by atoms with E-state index in [4.69, 9.17) is 10.2 Å². The van der Waals surface area contributed by atoms with Gasteiger partial charge in [-0.15, -0.1) is 0 Å². The fourth-order valence-electron chi connectivity index (χ4n) is 3.05. The third-order valence-electron chi connectivity index (χ3n) is 4.59. The Balaban J connectivity index is 5.09. The highest BCUT2D eigenvalue weighted by Gasteiger charge is 2.30. The SMILES string of the molecule is CCCCCCCCCC=C(CC(CC(=O)O)C(=O)O)C(CC(=O)O)C(=O)O. The highest BCUT2D eigenvalue weighted by molar-refractivity contribution is 5.81. The summed E-state index contributed by atoms with van der Waals surface area (Å²) in [6.45, 7) is 2.14. The van der Waals surface area contributed by atoms with Crippen molar-refractivity contribution in [2.75, 3.05) is 0 Å². The van der Waals surface area contributed by atoms with E-state index in [2.05, 4.69) is 6.92 Å². The molecule has 0 aromatic carbocycles. The molecule has 0 heterocycles. The predicted molar refractivity (Wildman–Crippen MR) is 102 cm³/mol. The van der Waals surface area contributed by atoms with Gasteiger partial charge in [0.2, 0.25) is 0 Å². The standard InChI is InChI=1S/C20H32O8/c1-2-3-4-5-6-7-8-9-10-14(16(20(27)28)13-18(23)24)11-15(19(25)26)12-17(21)22/h10,15-16H,2-9,11-13H2,1H3,(H,21,22)(H,23,24)(H,25,26)(H,27,28). The second-order valence-corrected chi connectivity index (χ2v) is 7.01. The molecule has 0 amide bonds. The largest absolute Gasteiger partial charge is 0.481 e. The molecule has 8 heteroatoms. The first-order chi connectivity index (χ1) is 13.2. The Kier molecular flexibility index (Phi) is 13.4. The number of carboxylic acid groups (broad SMARTS) is 4. The van der Waals surface area contributed by atoms with E-state index in [-0.39, 0.29) is 12.0 Å². The number of unbranched alkanes of at least 4 members (excludes halogenated alkanes) is 7. The molecule has 4 N–H and O–H groups in total. The molecular formula is C20H32O8. The van der Waals surface area contributed by atoms with Gasteiger partial charge in [-0.3, -0.25) is 19.2 Å². The van der Waals surface area contributed by atoms with Crippen LogP contribution >= 0.6 is 0 Å². The lowest BCUT2D eigenvalue weighted by Gasteiger charge is -2.18. The van der Waals surface area contributed by atoms with Crippen LogP contribution in [0.5, 0.6) is 0 Å². The molecule has 160 valence electrons. The maximum absolute atomic E-state index is 11.5. The predicted octanol–water partition coefficient (Wildman–Crippen LogP) is 3.79. The Bertz CT molecular complexity index is 552. The van der Waals surface area contributed by atoms with E-state index >= 15 is 0 Å². The Morgan fingerprint density at radius 2 is 1.25 bits per heavy atom. The first-order valence-electron chi connectivity index (χ1n) is 9.77. The van der Waals surface area contributed by atoms with Gasteiger partial charge >= 0.3 is 23.9 Å². The van der Waals surface area contributed by atoms with Crippen LogP contribution in [0.2, 0.25) is 0 Å². The van der Waals surface area contributed by atoms with Crippen LogP contribution in [0.25, 0.3) is 0 Å². The summed E-state index contributed by atoms with van der Waals surface area (Å²) in [4.78, 5) is 44.8. The third kappa shape index (κ3) is 12.1. The van der Waals surface area contributed by atoms with Gasteiger partial charge < -0.3 is 20.4 Å². The maximum Gasteiger partial charge on any atom is 0.311 e. The lowest BCUT2D eigenvalue weighted by Crippen LogP contribution is -2.25. The van der Waals surface area contributed by atoms with E-state index in [1.807, 2.05) is 0 Å². The summed E-state index contributed by atoms with van der Waals surface area (Å²) < 4.78 is 0. The Labute approximate surface area is 165 Å². The molecular weight excluding hydrogens is 368 g/mol. The molecule has 0 aromatic rings. The number of carbonyl (C=O) groups is 4. The van der Waals surface area contributed by atoms with Gasteiger partial charge in [-0.05, 0) is 19.3 Å². The van der Waals surface area contributed by atoms with Crippen LogP contribution in [0.3, 0.4) is 0 Å². The van der Waals surface area contributed by atoms with Crippen LogP contribution < -0.4 is 0 Å². The molecule has 8 nitrogen and oxygen atoms in total. The number of rotatable bonds is 17. The molecule has 2 atom stereocenters. The molecule has 0 aliphatic heterocycles. The van der Waals surface area contributed by atoms with Crippen LogP contribution in [-0.4, -0.2) is 44.3 Å². The summed E-state index contributed by atoms with van der Waals surface area (Å²) in [5, 5.41) is 36.5. The van der Waals surface area contributed by atoms with Gasteiger partial charge in [0.25, 0.3) is 0 Å². The van der Waals surface area contributed by atoms with Crippen molar-refractivity contribution in [3.63, 3.8) is 0 Å². The van der Waals surface area contributed by atoms with Crippen LogP contribution in [0.1, 0.15) is 77.6 Å². The molecule has 0 fully saturated rings. The van der Waals surface area contributed by atoms with Crippen molar-refractivity contribution in [2.45, 2.75) is 77.6 Å². The minimum atomic E-state index is -1.36. The lowest BCUT2D eigenvalue weighted by molar-refractivity contribution is -0.149. The minimum absolute atomic E-state index is 0.175. The zero-order valence-corrected chi connectivity index (χ0v) is 16.4. The molecule has 0 bridgehead atoms. The Morgan fingerprint density at radius 3 is 1.71 bits per heavy atom. The van der Waals surface area contributed by atoms with E-state index < -0.39 is 48.6 Å². The van der Waals surface area contributed by atoms with E-state index in [9.17, 15) is 29.4 Å². The Morgan fingerprint density at radius 1 is 0.714 bits per heavy atom. The van der Waals surface area contributed by atoms with E-state index in [0.29, 0.717) is 6.42 Å². The van der Waals surface area contributed by atoms with Crippen molar-refractivity contribution in [3.8, 4) is 0 Å². The first-order valence-corrected chi connectivity index (χ1v) is 9.77. The summed E-state index contributed by atoms with van der Waals surface area (Å²) in [6.07, 6.45) is 7.92. The average Bonchev–Trinajstić information content (AvgIpc) is 2.59. The molecule has 0 saturated heterocycles.